The first-order chi connectivity index (χ1) is 10.9. The van der Waals surface area contributed by atoms with E-state index in [1.54, 1.807) is 12.1 Å². The maximum Gasteiger partial charge on any atom is 0.195 e. The Bertz CT molecular complexity index is 537. The molecule has 0 aliphatic carbocycles. The molecule has 0 aliphatic heterocycles. The molecule has 1 aromatic carbocycles. The molecule has 8 heteroatoms. The van der Waals surface area contributed by atoms with Crippen LogP contribution in [0.3, 0.4) is 0 Å². The Balaban J connectivity index is 2.20. The molecule has 23 heavy (non-hydrogen) atoms. The van der Waals surface area contributed by atoms with Gasteiger partial charge in [-0.15, -0.1) is 0 Å². The minimum atomic E-state index is 0.0343. The summed E-state index contributed by atoms with van der Waals surface area (Å²) in [7, 11) is 0. The molecule has 0 saturated carbocycles. The Morgan fingerprint density at radius 1 is 1.13 bits per heavy atom. The Labute approximate surface area is 146 Å². The zero-order valence-electron chi connectivity index (χ0n) is 13.3. The highest BCUT2D eigenvalue weighted by Crippen LogP contribution is 2.22. The van der Waals surface area contributed by atoms with Crippen molar-refractivity contribution in [2.75, 3.05) is 13.2 Å². The van der Waals surface area contributed by atoms with Crippen molar-refractivity contribution in [1.29, 1.82) is 10.8 Å². The van der Waals surface area contributed by atoms with Gasteiger partial charge in [0.05, 0.1) is 16.1 Å². The zero-order chi connectivity index (χ0) is 17.2. The van der Waals surface area contributed by atoms with Gasteiger partial charge in [-0.25, -0.2) is 0 Å². The predicted octanol–water partition coefficient (Wildman–Crippen LogP) is 2.95. The van der Waals surface area contributed by atoms with Crippen LogP contribution in [-0.2, 0) is 11.3 Å². The van der Waals surface area contributed by atoms with Crippen LogP contribution in [0.1, 0.15) is 25.8 Å². The summed E-state index contributed by atoms with van der Waals surface area (Å²) >= 11 is 11.8. The standard InChI is InChI=1S/C15H23Cl2N5O/c1-10(2)23-7-3-6-20-14(18)22-15(19)21-9-11-4-5-12(16)13(17)8-11/h4-5,8,10H,3,6-7,9H2,1-2H3,(H5,18,19,20,21,22). The van der Waals surface area contributed by atoms with Crippen molar-refractivity contribution >= 4 is 35.1 Å². The van der Waals surface area contributed by atoms with E-state index in [0.29, 0.717) is 29.7 Å². The number of hydrogen-bond donors (Lipinski definition) is 5. The van der Waals surface area contributed by atoms with E-state index in [4.69, 9.17) is 38.8 Å². The van der Waals surface area contributed by atoms with Crippen LogP contribution in [0, 0.1) is 10.8 Å². The predicted molar refractivity (Wildman–Crippen MR) is 95.6 cm³/mol. The van der Waals surface area contributed by atoms with Crippen molar-refractivity contribution in [3.8, 4) is 0 Å². The summed E-state index contributed by atoms with van der Waals surface area (Å²) in [6, 6.07) is 5.27. The number of hydrogen-bond acceptors (Lipinski definition) is 3. The van der Waals surface area contributed by atoms with Crippen LogP contribution in [0.4, 0.5) is 0 Å². The smallest absolute Gasteiger partial charge is 0.195 e. The average molecular weight is 360 g/mol. The molecule has 0 fully saturated rings. The van der Waals surface area contributed by atoms with Crippen LogP contribution in [0.5, 0.6) is 0 Å². The summed E-state index contributed by atoms with van der Waals surface area (Å²) in [6.45, 7) is 5.64. The largest absolute Gasteiger partial charge is 0.379 e. The summed E-state index contributed by atoms with van der Waals surface area (Å²) in [5.74, 6) is 0.105. The quantitative estimate of drug-likeness (QED) is 0.294. The molecule has 5 N–H and O–H groups in total. The average Bonchev–Trinajstić information content (AvgIpc) is 2.47. The second-order valence-corrected chi connectivity index (χ2v) is 5.99. The second-order valence-electron chi connectivity index (χ2n) is 5.18. The molecule has 128 valence electrons. The molecule has 0 aliphatic rings. The second kappa shape index (κ2) is 10.3. The number of benzene rings is 1. The van der Waals surface area contributed by atoms with Gasteiger partial charge in [0.2, 0.25) is 0 Å². The molecule has 0 atom stereocenters. The van der Waals surface area contributed by atoms with Crippen LogP contribution >= 0.6 is 23.2 Å². The van der Waals surface area contributed by atoms with Crippen molar-refractivity contribution in [1.82, 2.24) is 16.0 Å². The lowest BCUT2D eigenvalue weighted by Crippen LogP contribution is -2.45. The van der Waals surface area contributed by atoms with E-state index in [0.717, 1.165) is 12.0 Å². The van der Waals surface area contributed by atoms with Crippen molar-refractivity contribution in [3.05, 3.63) is 33.8 Å². The minimum Gasteiger partial charge on any atom is -0.379 e. The fourth-order valence-electron chi connectivity index (χ4n) is 1.66. The van der Waals surface area contributed by atoms with Crippen LogP contribution in [0.15, 0.2) is 18.2 Å². The lowest BCUT2D eigenvalue weighted by atomic mass is 10.2. The third-order valence-electron chi connectivity index (χ3n) is 2.78. The van der Waals surface area contributed by atoms with E-state index in [-0.39, 0.29) is 18.0 Å². The molecule has 0 aromatic heterocycles. The molecule has 0 unspecified atom stereocenters. The molecular weight excluding hydrogens is 337 g/mol. The van der Waals surface area contributed by atoms with E-state index in [1.807, 2.05) is 19.9 Å². The van der Waals surface area contributed by atoms with E-state index in [1.165, 1.54) is 0 Å². The Morgan fingerprint density at radius 3 is 2.48 bits per heavy atom. The molecule has 1 rings (SSSR count). The van der Waals surface area contributed by atoms with Gasteiger partial charge >= 0.3 is 0 Å². The lowest BCUT2D eigenvalue weighted by Gasteiger charge is -2.13. The summed E-state index contributed by atoms with van der Waals surface area (Å²) in [4.78, 5) is 0. The van der Waals surface area contributed by atoms with Gasteiger partial charge in [0.15, 0.2) is 11.9 Å². The zero-order valence-corrected chi connectivity index (χ0v) is 14.8. The van der Waals surface area contributed by atoms with Gasteiger partial charge in [-0.05, 0) is 38.0 Å². The maximum absolute atomic E-state index is 7.75. The van der Waals surface area contributed by atoms with Crippen LogP contribution in [0.25, 0.3) is 0 Å². The molecule has 0 bridgehead atoms. The van der Waals surface area contributed by atoms with Gasteiger partial charge in [-0.1, -0.05) is 29.3 Å². The number of rotatable bonds is 7. The first kappa shape index (κ1) is 19.5. The molecule has 0 spiro atoms. The molecule has 0 heterocycles. The molecule has 0 saturated heterocycles. The monoisotopic (exact) mass is 359 g/mol. The highest BCUT2D eigenvalue weighted by molar-refractivity contribution is 6.42. The maximum atomic E-state index is 7.75. The fraction of sp³-hybridized carbons (Fsp3) is 0.467. The van der Waals surface area contributed by atoms with Crippen molar-refractivity contribution in [2.24, 2.45) is 0 Å². The number of halogens is 2. The molecular formula is C15H23Cl2N5O. The lowest BCUT2D eigenvalue weighted by molar-refractivity contribution is 0.0776. The molecule has 0 amide bonds. The van der Waals surface area contributed by atoms with Gasteiger partial charge < -0.3 is 15.4 Å². The van der Waals surface area contributed by atoms with Gasteiger partial charge in [-0.3, -0.25) is 16.1 Å². The van der Waals surface area contributed by atoms with Crippen LogP contribution < -0.4 is 16.0 Å². The minimum absolute atomic E-state index is 0.0343. The normalized spacial score (nSPS) is 10.5. The van der Waals surface area contributed by atoms with E-state index in [2.05, 4.69) is 16.0 Å². The van der Waals surface area contributed by atoms with Crippen molar-refractivity contribution in [3.63, 3.8) is 0 Å². The molecule has 1 aromatic rings. The Kier molecular flexibility index (Phi) is 8.76. The summed E-state index contributed by atoms with van der Waals surface area (Å²) in [5, 5.41) is 24.8. The number of ether oxygens (including phenoxy) is 1. The number of nitrogens with one attached hydrogen (secondary N) is 5. The van der Waals surface area contributed by atoms with Gasteiger partial charge in [0, 0.05) is 19.7 Å². The van der Waals surface area contributed by atoms with Crippen LogP contribution in [-0.4, -0.2) is 31.2 Å². The third kappa shape index (κ3) is 8.64. The van der Waals surface area contributed by atoms with E-state index in [9.17, 15) is 0 Å². The van der Waals surface area contributed by atoms with Gasteiger partial charge in [-0.2, -0.15) is 0 Å². The first-order valence-corrected chi connectivity index (χ1v) is 8.11. The highest BCUT2D eigenvalue weighted by Gasteiger charge is 2.03. The number of guanidine groups is 2. The summed E-state index contributed by atoms with van der Waals surface area (Å²) in [5.41, 5.74) is 0.899. The Morgan fingerprint density at radius 2 is 1.83 bits per heavy atom. The van der Waals surface area contributed by atoms with Crippen LogP contribution in [0.2, 0.25) is 10.0 Å². The Hall–Kier alpha value is -1.50. The van der Waals surface area contributed by atoms with Crippen molar-refractivity contribution < 1.29 is 4.74 Å². The topological polar surface area (TPSA) is 93.0 Å². The van der Waals surface area contributed by atoms with Gasteiger partial charge in [0.25, 0.3) is 0 Å². The highest BCUT2D eigenvalue weighted by atomic mass is 35.5. The summed E-state index contributed by atoms with van der Waals surface area (Å²) in [6.07, 6.45) is 1.01. The fourth-order valence-corrected chi connectivity index (χ4v) is 1.98. The first-order valence-electron chi connectivity index (χ1n) is 7.36. The third-order valence-corrected chi connectivity index (χ3v) is 3.52. The molecule has 6 nitrogen and oxygen atoms in total. The van der Waals surface area contributed by atoms with Crippen molar-refractivity contribution in [2.45, 2.75) is 32.9 Å². The molecule has 0 radical (unpaired) electrons. The van der Waals surface area contributed by atoms with Gasteiger partial charge in [0.1, 0.15) is 0 Å². The summed E-state index contributed by atoms with van der Waals surface area (Å²) < 4.78 is 5.40. The van der Waals surface area contributed by atoms with E-state index >= 15 is 0 Å². The SMILES string of the molecule is CC(C)OCCCNC(=N)NC(=N)NCc1ccc(Cl)c(Cl)c1. The van der Waals surface area contributed by atoms with E-state index < -0.39 is 0 Å².